The lowest BCUT2D eigenvalue weighted by atomic mass is 9.97. The van der Waals surface area contributed by atoms with Crippen LogP contribution in [0.1, 0.15) is 15.4 Å². The first kappa shape index (κ1) is 19.2. The largest absolute Gasteiger partial charge is 0.304 e. The van der Waals surface area contributed by atoms with Crippen molar-refractivity contribution in [1.29, 1.82) is 0 Å². The number of nitrogens with zero attached hydrogens (tertiary/aromatic N) is 3. The van der Waals surface area contributed by atoms with Gasteiger partial charge in [0, 0.05) is 37.5 Å². The smallest absolute Gasteiger partial charge is 0.214 e. The summed E-state index contributed by atoms with van der Waals surface area (Å²) in [5.41, 5.74) is 0.944. The molecule has 1 radical (unpaired) electrons. The topological polar surface area (TPSA) is 70.6 Å². The molecule has 1 aromatic carbocycles. The van der Waals surface area contributed by atoms with Gasteiger partial charge in [0.05, 0.1) is 5.75 Å². The van der Waals surface area contributed by atoms with Crippen molar-refractivity contribution in [2.45, 2.75) is 6.42 Å². The zero-order valence-electron chi connectivity index (χ0n) is 14.7. The van der Waals surface area contributed by atoms with Crippen molar-refractivity contribution in [1.82, 2.24) is 14.2 Å². The van der Waals surface area contributed by atoms with Crippen LogP contribution in [0.3, 0.4) is 0 Å². The Labute approximate surface area is 158 Å². The summed E-state index contributed by atoms with van der Waals surface area (Å²) in [6.45, 7) is 2.35. The summed E-state index contributed by atoms with van der Waals surface area (Å²) in [6, 6.07) is 9.51. The third kappa shape index (κ3) is 4.76. The molecule has 1 fully saturated rings. The Morgan fingerprint density at radius 3 is 2.54 bits per heavy atom. The first-order chi connectivity index (χ1) is 12.5. The normalized spacial score (nSPS) is 17.9. The number of likely N-dealkylation sites (N-methyl/N-ethyl adjacent to an activating group) is 1. The first-order valence-electron chi connectivity index (χ1n) is 8.52. The Morgan fingerprint density at radius 1 is 1.23 bits per heavy atom. The molecule has 0 aliphatic carbocycles. The van der Waals surface area contributed by atoms with E-state index in [9.17, 15) is 13.2 Å². The summed E-state index contributed by atoms with van der Waals surface area (Å²) < 4.78 is 27.3. The molecule has 0 bridgehead atoms. The van der Waals surface area contributed by atoms with Crippen LogP contribution in [0.5, 0.6) is 0 Å². The first-order valence-corrected chi connectivity index (χ1v) is 11.0. The van der Waals surface area contributed by atoms with E-state index in [4.69, 9.17) is 0 Å². The molecule has 0 spiro atoms. The molecule has 2 aromatic rings. The summed E-state index contributed by atoms with van der Waals surface area (Å²) in [5.74, 6) is -1.07. The number of hydrogen-bond acceptors (Lipinski definition) is 6. The van der Waals surface area contributed by atoms with Crippen molar-refractivity contribution in [3.8, 4) is 0 Å². The Kier molecular flexibility index (Phi) is 6.18. The lowest BCUT2D eigenvalue weighted by molar-refractivity contribution is 0.0929. The van der Waals surface area contributed by atoms with Gasteiger partial charge in [0.1, 0.15) is 6.20 Å². The Hall–Kier alpha value is -1.61. The number of aromatic nitrogens is 1. The summed E-state index contributed by atoms with van der Waals surface area (Å²) in [4.78, 5) is 18.9. The molecule has 0 N–H and O–H groups in total. The Bertz CT molecular complexity index is 815. The molecule has 1 saturated heterocycles. The number of rotatable bonds is 7. The zero-order chi connectivity index (χ0) is 18.6. The number of hydrogen-bond donors (Lipinski definition) is 0. The highest BCUT2D eigenvalue weighted by Crippen LogP contribution is 2.20. The van der Waals surface area contributed by atoms with Gasteiger partial charge in [-0.1, -0.05) is 30.3 Å². The monoisotopic (exact) mass is 392 g/mol. The molecule has 0 saturated carbocycles. The Balaban J connectivity index is 1.79. The number of benzene rings is 1. The maximum Gasteiger partial charge on any atom is 0.214 e. The SMILES string of the molecule is CN1CCN(S(=O)(=O)C[C@H](Cc2ccccc2)C(=O)c2n[c]cs2)CC1. The van der Waals surface area contributed by atoms with E-state index < -0.39 is 15.9 Å². The molecular formula is C18H22N3O3S2. The fourth-order valence-corrected chi connectivity index (χ4v) is 5.35. The maximum atomic E-state index is 12.9. The number of carbonyl (C=O) groups is 1. The van der Waals surface area contributed by atoms with Crippen LogP contribution in [-0.4, -0.2) is 67.4 Å². The van der Waals surface area contributed by atoms with Gasteiger partial charge in [-0.15, -0.1) is 11.3 Å². The van der Waals surface area contributed by atoms with Crippen LogP contribution < -0.4 is 0 Å². The van der Waals surface area contributed by atoms with Gasteiger partial charge < -0.3 is 4.90 Å². The van der Waals surface area contributed by atoms with Gasteiger partial charge in [-0.05, 0) is 19.0 Å². The molecule has 1 aliphatic heterocycles. The van der Waals surface area contributed by atoms with Crippen LogP contribution >= 0.6 is 11.3 Å². The summed E-state index contributed by atoms with van der Waals surface area (Å²) >= 11 is 1.20. The molecule has 26 heavy (non-hydrogen) atoms. The summed E-state index contributed by atoms with van der Waals surface area (Å²) in [5, 5.41) is 1.93. The van der Waals surface area contributed by atoms with Crippen LogP contribution in [0.25, 0.3) is 0 Å². The van der Waals surface area contributed by atoms with Gasteiger partial charge in [-0.25, -0.2) is 13.4 Å². The van der Waals surface area contributed by atoms with E-state index in [-0.39, 0.29) is 11.5 Å². The second kappa shape index (κ2) is 8.39. The molecule has 0 amide bonds. The second-order valence-corrected chi connectivity index (χ2v) is 9.39. The van der Waals surface area contributed by atoms with Gasteiger partial charge in [0.2, 0.25) is 10.0 Å². The third-order valence-electron chi connectivity index (χ3n) is 4.56. The van der Waals surface area contributed by atoms with Crippen molar-refractivity contribution < 1.29 is 13.2 Å². The predicted octanol–water partition coefficient (Wildman–Crippen LogP) is 1.56. The quantitative estimate of drug-likeness (QED) is 0.669. The zero-order valence-corrected chi connectivity index (χ0v) is 16.3. The van der Waals surface area contributed by atoms with Crippen LogP contribution in [0.4, 0.5) is 0 Å². The average molecular weight is 393 g/mol. The fraction of sp³-hybridized carbons (Fsp3) is 0.444. The molecule has 3 rings (SSSR count). The van der Waals surface area contributed by atoms with E-state index >= 15 is 0 Å². The maximum absolute atomic E-state index is 12.9. The van der Waals surface area contributed by atoms with Gasteiger partial charge >= 0.3 is 0 Å². The minimum atomic E-state index is -3.51. The molecule has 1 aromatic heterocycles. The molecule has 6 nitrogen and oxygen atoms in total. The highest BCUT2D eigenvalue weighted by atomic mass is 32.2. The lowest BCUT2D eigenvalue weighted by Crippen LogP contribution is -2.48. The van der Waals surface area contributed by atoms with Crippen LogP contribution in [0, 0.1) is 12.1 Å². The molecule has 1 atom stereocenters. The molecule has 139 valence electrons. The van der Waals surface area contributed by atoms with Gasteiger partial charge in [0.15, 0.2) is 10.8 Å². The van der Waals surface area contributed by atoms with Crippen molar-refractivity contribution in [2.24, 2.45) is 5.92 Å². The van der Waals surface area contributed by atoms with E-state index in [1.165, 1.54) is 15.6 Å². The molecule has 2 heterocycles. The van der Waals surface area contributed by atoms with E-state index in [0.29, 0.717) is 37.6 Å². The number of ketones is 1. The predicted molar refractivity (Wildman–Crippen MR) is 102 cm³/mol. The Morgan fingerprint density at radius 2 is 1.92 bits per heavy atom. The van der Waals surface area contributed by atoms with Crippen molar-refractivity contribution in [3.05, 3.63) is 52.5 Å². The molecule has 1 aliphatic rings. The van der Waals surface area contributed by atoms with Crippen molar-refractivity contribution >= 4 is 27.1 Å². The number of thiazole rings is 1. The summed E-state index contributed by atoms with van der Waals surface area (Å²) in [6.07, 6.45) is 3.02. The minimum absolute atomic E-state index is 0.190. The summed E-state index contributed by atoms with van der Waals surface area (Å²) in [7, 11) is -1.53. The fourth-order valence-electron chi connectivity index (χ4n) is 3.03. The van der Waals surface area contributed by atoms with Crippen LogP contribution in [0.2, 0.25) is 0 Å². The van der Waals surface area contributed by atoms with Gasteiger partial charge in [0.25, 0.3) is 0 Å². The standard InChI is InChI=1S/C18H22N3O3S2/c1-20-8-10-21(11-9-20)26(23,24)14-16(13-15-5-3-2-4-6-15)17(22)18-19-7-12-25-18/h2-6,12,16H,8-11,13-14H2,1H3/t16-/m0/s1. The number of carbonyl (C=O) groups excluding carboxylic acids is 1. The van der Waals surface area contributed by atoms with Crippen molar-refractivity contribution in [3.63, 3.8) is 0 Å². The second-order valence-electron chi connectivity index (χ2n) is 6.51. The lowest BCUT2D eigenvalue weighted by Gasteiger charge is -2.32. The van der Waals surface area contributed by atoms with E-state index in [0.717, 1.165) is 5.56 Å². The van der Waals surface area contributed by atoms with Crippen molar-refractivity contribution in [2.75, 3.05) is 39.0 Å². The highest BCUT2D eigenvalue weighted by Gasteiger charge is 2.33. The number of piperazine rings is 1. The molecule has 0 unspecified atom stereocenters. The van der Waals surface area contributed by atoms with Crippen LogP contribution in [0.15, 0.2) is 35.7 Å². The third-order valence-corrected chi connectivity index (χ3v) is 7.28. The van der Waals surface area contributed by atoms with Gasteiger partial charge in [-0.2, -0.15) is 4.31 Å². The highest BCUT2D eigenvalue weighted by molar-refractivity contribution is 7.89. The minimum Gasteiger partial charge on any atom is -0.304 e. The number of sulfonamides is 1. The molecular weight excluding hydrogens is 370 g/mol. The number of Topliss-reactive ketones (excluding diaryl/α,β-unsaturated/α-hetero) is 1. The van der Waals surface area contributed by atoms with E-state index in [1.807, 2.05) is 37.4 Å². The van der Waals surface area contributed by atoms with Crippen LogP contribution in [-0.2, 0) is 16.4 Å². The average Bonchev–Trinajstić information content (AvgIpc) is 3.16. The molecule has 8 heteroatoms. The van der Waals surface area contributed by atoms with E-state index in [2.05, 4.69) is 16.1 Å². The van der Waals surface area contributed by atoms with E-state index in [1.54, 1.807) is 5.38 Å². The van der Waals surface area contributed by atoms with Gasteiger partial charge in [-0.3, -0.25) is 4.79 Å².